The lowest BCUT2D eigenvalue weighted by atomic mass is 10.5. The first-order valence-corrected chi connectivity index (χ1v) is 4.48. The third-order valence-corrected chi connectivity index (χ3v) is 3.29. The van der Waals surface area contributed by atoms with E-state index >= 15 is 0 Å². The van der Waals surface area contributed by atoms with Crippen molar-refractivity contribution in [3.05, 3.63) is 20.8 Å². The van der Waals surface area contributed by atoms with Gasteiger partial charge in [0.2, 0.25) is 0 Å². The van der Waals surface area contributed by atoms with Crippen LogP contribution in [0.4, 0.5) is 0 Å². The van der Waals surface area contributed by atoms with Gasteiger partial charge in [0.25, 0.3) is 0 Å². The predicted molar refractivity (Wildman–Crippen MR) is 44.7 cm³/mol. The van der Waals surface area contributed by atoms with Gasteiger partial charge in [0.15, 0.2) is 0 Å². The van der Waals surface area contributed by atoms with Gasteiger partial charge in [-0.1, -0.05) is 0 Å². The van der Waals surface area contributed by atoms with Gasteiger partial charge >= 0.3 is 0 Å². The molecular formula is C5H5BrS2. The number of thiophene rings is 1. The summed E-state index contributed by atoms with van der Waals surface area (Å²) in [6.07, 6.45) is 0. The van der Waals surface area contributed by atoms with Crippen LogP contribution < -0.4 is 0 Å². The summed E-state index contributed by atoms with van der Waals surface area (Å²) in [7, 11) is 0. The van der Waals surface area contributed by atoms with Gasteiger partial charge in [-0.05, 0) is 27.4 Å². The third kappa shape index (κ3) is 1.27. The highest BCUT2D eigenvalue weighted by Crippen LogP contribution is 2.23. The van der Waals surface area contributed by atoms with E-state index in [0.29, 0.717) is 0 Å². The normalized spacial score (nSPS) is 9.75. The van der Waals surface area contributed by atoms with E-state index in [9.17, 15) is 0 Å². The zero-order valence-electron chi connectivity index (χ0n) is 4.10. The minimum Gasteiger partial charge on any atom is -0.174 e. The van der Waals surface area contributed by atoms with Crippen molar-refractivity contribution in [2.75, 3.05) is 0 Å². The third-order valence-electron chi connectivity index (χ3n) is 0.835. The van der Waals surface area contributed by atoms with E-state index in [2.05, 4.69) is 33.9 Å². The number of thiol groups is 1. The standard InChI is InChI=1S/C5H5BrS2/c6-4-1-2-8-5(4)3-7/h1-2,7H,3H2. The molecule has 0 spiro atoms. The Balaban J connectivity index is 2.92. The van der Waals surface area contributed by atoms with Gasteiger partial charge in [-0.2, -0.15) is 12.6 Å². The molecule has 0 saturated heterocycles. The monoisotopic (exact) mass is 208 g/mol. The number of rotatable bonds is 1. The average molecular weight is 209 g/mol. The Morgan fingerprint density at radius 1 is 1.75 bits per heavy atom. The van der Waals surface area contributed by atoms with Gasteiger partial charge in [0.05, 0.1) is 0 Å². The van der Waals surface area contributed by atoms with Crippen LogP contribution in [0, 0.1) is 0 Å². The smallest absolute Gasteiger partial charge is 0.0322 e. The molecule has 0 nitrogen and oxygen atoms in total. The van der Waals surface area contributed by atoms with E-state index in [-0.39, 0.29) is 0 Å². The molecule has 0 N–H and O–H groups in total. The SMILES string of the molecule is SCc1sccc1Br. The van der Waals surface area contributed by atoms with Crippen LogP contribution in [0.3, 0.4) is 0 Å². The highest BCUT2D eigenvalue weighted by Gasteiger charge is 1.95. The molecule has 0 aromatic carbocycles. The Hall–Kier alpha value is 0.530. The Kier molecular flexibility index (Phi) is 2.41. The molecule has 0 aliphatic rings. The molecule has 1 heterocycles. The van der Waals surface area contributed by atoms with Crippen molar-refractivity contribution in [3.63, 3.8) is 0 Å². The lowest BCUT2D eigenvalue weighted by Crippen LogP contribution is -1.64. The maximum atomic E-state index is 4.13. The minimum atomic E-state index is 0.832. The Bertz CT molecular complexity index is 171. The van der Waals surface area contributed by atoms with E-state index in [1.807, 2.05) is 6.07 Å². The number of hydrogen-bond donors (Lipinski definition) is 1. The van der Waals surface area contributed by atoms with Crippen molar-refractivity contribution in [3.8, 4) is 0 Å². The van der Waals surface area contributed by atoms with Crippen LogP contribution in [0.2, 0.25) is 0 Å². The molecule has 3 heteroatoms. The molecule has 44 valence electrons. The van der Waals surface area contributed by atoms with Gasteiger partial charge in [-0.15, -0.1) is 11.3 Å². The second-order valence-corrected chi connectivity index (χ2v) is 3.52. The fourth-order valence-corrected chi connectivity index (χ4v) is 2.40. The van der Waals surface area contributed by atoms with E-state index in [1.54, 1.807) is 11.3 Å². The second kappa shape index (κ2) is 2.90. The highest BCUT2D eigenvalue weighted by molar-refractivity contribution is 9.10. The number of hydrogen-bond acceptors (Lipinski definition) is 2. The van der Waals surface area contributed by atoms with Gasteiger partial charge in [-0.3, -0.25) is 0 Å². The quantitative estimate of drug-likeness (QED) is 0.675. The van der Waals surface area contributed by atoms with Crippen molar-refractivity contribution in [1.29, 1.82) is 0 Å². The molecule has 0 radical (unpaired) electrons. The van der Waals surface area contributed by atoms with Crippen LogP contribution in [0.15, 0.2) is 15.9 Å². The molecule has 0 bridgehead atoms. The Labute approximate surface area is 66.5 Å². The fraction of sp³-hybridized carbons (Fsp3) is 0.200. The summed E-state index contributed by atoms with van der Waals surface area (Å²) in [5.41, 5.74) is 0. The summed E-state index contributed by atoms with van der Waals surface area (Å²) in [6.45, 7) is 0. The minimum absolute atomic E-state index is 0.832. The molecular weight excluding hydrogens is 204 g/mol. The van der Waals surface area contributed by atoms with Gasteiger partial charge in [0.1, 0.15) is 0 Å². The van der Waals surface area contributed by atoms with Crippen molar-refractivity contribution >= 4 is 39.9 Å². The van der Waals surface area contributed by atoms with Crippen LogP contribution in [0.1, 0.15) is 4.88 Å². The molecule has 1 rings (SSSR count). The average Bonchev–Trinajstić information content (AvgIpc) is 2.14. The van der Waals surface area contributed by atoms with Crippen molar-refractivity contribution in [1.82, 2.24) is 0 Å². The molecule has 1 aromatic heterocycles. The summed E-state index contributed by atoms with van der Waals surface area (Å²) in [5, 5.41) is 2.05. The molecule has 0 aliphatic heterocycles. The summed E-state index contributed by atoms with van der Waals surface area (Å²) in [5.74, 6) is 0.832. The highest BCUT2D eigenvalue weighted by atomic mass is 79.9. The van der Waals surface area contributed by atoms with Crippen LogP contribution in [0.5, 0.6) is 0 Å². The second-order valence-electron chi connectivity index (χ2n) is 1.35. The molecule has 0 aliphatic carbocycles. The van der Waals surface area contributed by atoms with Gasteiger partial charge in [-0.25, -0.2) is 0 Å². The topological polar surface area (TPSA) is 0 Å². The molecule has 0 fully saturated rings. The van der Waals surface area contributed by atoms with E-state index in [4.69, 9.17) is 0 Å². The van der Waals surface area contributed by atoms with E-state index in [0.717, 1.165) is 5.75 Å². The maximum absolute atomic E-state index is 4.13. The first kappa shape index (κ1) is 6.65. The first-order chi connectivity index (χ1) is 3.84. The lowest BCUT2D eigenvalue weighted by Gasteiger charge is -1.85. The van der Waals surface area contributed by atoms with Crippen LogP contribution in [0.25, 0.3) is 0 Å². The molecule has 8 heavy (non-hydrogen) atoms. The Morgan fingerprint density at radius 3 is 2.75 bits per heavy atom. The van der Waals surface area contributed by atoms with Crippen molar-refractivity contribution in [2.24, 2.45) is 0 Å². The molecule has 0 atom stereocenters. The molecule has 0 amide bonds. The van der Waals surface area contributed by atoms with Crippen molar-refractivity contribution in [2.45, 2.75) is 5.75 Å². The van der Waals surface area contributed by atoms with Gasteiger partial charge in [0, 0.05) is 15.1 Å². The summed E-state index contributed by atoms with van der Waals surface area (Å²) >= 11 is 9.24. The summed E-state index contributed by atoms with van der Waals surface area (Å²) in [6, 6.07) is 2.04. The van der Waals surface area contributed by atoms with Crippen LogP contribution in [-0.2, 0) is 5.75 Å². The van der Waals surface area contributed by atoms with E-state index < -0.39 is 0 Å². The van der Waals surface area contributed by atoms with Gasteiger partial charge < -0.3 is 0 Å². The zero-order valence-corrected chi connectivity index (χ0v) is 7.39. The lowest BCUT2D eigenvalue weighted by molar-refractivity contribution is 1.53. The summed E-state index contributed by atoms with van der Waals surface area (Å²) < 4.78 is 1.18. The van der Waals surface area contributed by atoms with Crippen LogP contribution in [-0.4, -0.2) is 0 Å². The molecule has 1 aromatic rings. The Morgan fingerprint density at radius 2 is 2.50 bits per heavy atom. The van der Waals surface area contributed by atoms with Crippen LogP contribution >= 0.6 is 39.9 Å². The predicted octanol–water partition coefficient (Wildman–Crippen LogP) is 2.94. The fourth-order valence-electron chi connectivity index (χ4n) is 0.438. The molecule has 0 saturated carbocycles. The maximum Gasteiger partial charge on any atom is 0.0322 e. The van der Waals surface area contributed by atoms with Crippen molar-refractivity contribution < 1.29 is 0 Å². The molecule has 0 unspecified atom stereocenters. The largest absolute Gasteiger partial charge is 0.174 e. The number of halogens is 1. The zero-order chi connectivity index (χ0) is 5.98. The summed E-state index contributed by atoms with van der Waals surface area (Å²) in [4.78, 5) is 1.30. The first-order valence-electron chi connectivity index (χ1n) is 2.17. The van der Waals surface area contributed by atoms with E-state index in [1.165, 1.54) is 9.35 Å².